The van der Waals surface area contributed by atoms with Crippen molar-refractivity contribution >= 4 is 5.91 Å². The van der Waals surface area contributed by atoms with Crippen LogP contribution >= 0.6 is 0 Å². The highest BCUT2D eigenvalue weighted by molar-refractivity contribution is 5.76. The maximum Gasteiger partial charge on any atom is 0.220 e. The van der Waals surface area contributed by atoms with E-state index >= 15 is 0 Å². The Labute approximate surface area is 119 Å². The number of carbonyl (C=O) groups is 1. The lowest BCUT2D eigenvalue weighted by Crippen LogP contribution is -2.41. The minimum absolute atomic E-state index is 0.0600. The van der Waals surface area contributed by atoms with Crippen LogP contribution in [0.1, 0.15) is 26.7 Å². The third-order valence-corrected chi connectivity index (χ3v) is 2.98. The van der Waals surface area contributed by atoms with Gasteiger partial charge in [0.15, 0.2) is 0 Å². The van der Waals surface area contributed by atoms with Gasteiger partial charge in [0, 0.05) is 6.42 Å². The third kappa shape index (κ3) is 6.02. The van der Waals surface area contributed by atoms with E-state index in [-0.39, 0.29) is 30.3 Å². The number of amides is 1. The first-order valence-corrected chi connectivity index (χ1v) is 6.81. The zero-order valence-corrected chi connectivity index (χ0v) is 11.9. The van der Waals surface area contributed by atoms with Crippen molar-refractivity contribution in [2.45, 2.75) is 32.7 Å². The number of aliphatic hydroxyl groups excluding tert-OH is 1. The SMILES string of the molecule is CC(C)[C@@H](CO)NC(=O)CCCOc1ccc(F)cc1. The van der Waals surface area contributed by atoms with E-state index in [9.17, 15) is 9.18 Å². The summed E-state index contributed by atoms with van der Waals surface area (Å²) in [6.07, 6.45) is 0.907. The number of aliphatic hydroxyl groups is 1. The van der Waals surface area contributed by atoms with E-state index in [1.807, 2.05) is 13.8 Å². The molecule has 0 heterocycles. The molecule has 5 heteroatoms. The Morgan fingerprint density at radius 1 is 1.35 bits per heavy atom. The van der Waals surface area contributed by atoms with Gasteiger partial charge in [0.1, 0.15) is 11.6 Å². The first kappa shape index (κ1) is 16.4. The predicted octanol–water partition coefficient (Wildman–Crippen LogP) is 2.12. The fourth-order valence-corrected chi connectivity index (χ4v) is 1.66. The maximum absolute atomic E-state index is 12.7. The van der Waals surface area contributed by atoms with Gasteiger partial charge in [-0.25, -0.2) is 4.39 Å². The van der Waals surface area contributed by atoms with E-state index < -0.39 is 0 Å². The number of rotatable bonds is 8. The summed E-state index contributed by atoms with van der Waals surface area (Å²) in [6.45, 7) is 4.22. The summed E-state index contributed by atoms with van der Waals surface area (Å²) in [4.78, 5) is 11.6. The quantitative estimate of drug-likeness (QED) is 0.718. The fourth-order valence-electron chi connectivity index (χ4n) is 1.66. The average Bonchev–Trinajstić information content (AvgIpc) is 2.42. The smallest absolute Gasteiger partial charge is 0.220 e. The minimum Gasteiger partial charge on any atom is -0.494 e. The van der Waals surface area contributed by atoms with Crippen molar-refractivity contribution in [3.63, 3.8) is 0 Å². The van der Waals surface area contributed by atoms with Gasteiger partial charge in [0.2, 0.25) is 5.91 Å². The van der Waals surface area contributed by atoms with E-state index in [1.54, 1.807) is 12.1 Å². The summed E-state index contributed by atoms with van der Waals surface area (Å²) >= 11 is 0. The average molecular weight is 283 g/mol. The molecule has 0 aromatic heterocycles. The van der Waals surface area contributed by atoms with Crippen LogP contribution in [0.25, 0.3) is 0 Å². The van der Waals surface area contributed by atoms with Gasteiger partial charge >= 0.3 is 0 Å². The van der Waals surface area contributed by atoms with Crippen LogP contribution in [0.4, 0.5) is 4.39 Å². The zero-order chi connectivity index (χ0) is 15.0. The second kappa shape index (κ2) is 8.53. The molecule has 1 aromatic carbocycles. The van der Waals surface area contributed by atoms with E-state index in [1.165, 1.54) is 12.1 Å². The van der Waals surface area contributed by atoms with Crippen molar-refractivity contribution < 1.29 is 19.0 Å². The van der Waals surface area contributed by atoms with E-state index in [2.05, 4.69) is 5.32 Å². The summed E-state index contributed by atoms with van der Waals surface area (Å²) in [5.74, 6) is 0.377. The molecule has 0 aliphatic heterocycles. The summed E-state index contributed by atoms with van der Waals surface area (Å²) in [5, 5.41) is 11.9. The molecule has 0 unspecified atom stereocenters. The highest BCUT2D eigenvalue weighted by atomic mass is 19.1. The molecule has 1 rings (SSSR count). The molecular formula is C15H22FNO3. The number of ether oxygens (including phenoxy) is 1. The summed E-state index contributed by atoms with van der Waals surface area (Å²) in [7, 11) is 0. The molecule has 1 aromatic rings. The molecule has 2 N–H and O–H groups in total. The van der Waals surface area contributed by atoms with Crippen molar-refractivity contribution in [1.82, 2.24) is 5.32 Å². The van der Waals surface area contributed by atoms with Crippen molar-refractivity contribution in [3.8, 4) is 5.75 Å². The van der Waals surface area contributed by atoms with Crippen molar-refractivity contribution in [1.29, 1.82) is 0 Å². The van der Waals surface area contributed by atoms with Crippen LogP contribution in [-0.2, 0) is 4.79 Å². The molecule has 0 bridgehead atoms. The normalized spacial score (nSPS) is 12.2. The van der Waals surface area contributed by atoms with Gasteiger partial charge in [0.05, 0.1) is 19.3 Å². The van der Waals surface area contributed by atoms with Crippen LogP contribution in [-0.4, -0.2) is 30.3 Å². The summed E-state index contributed by atoms with van der Waals surface area (Å²) in [5.41, 5.74) is 0. The standard InChI is InChI=1S/C15H22FNO3/c1-11(2)14(10-18)17-15(19)4-3-9-20-13-7-5-12(16)6-8-13/h5-8,11,14,18H,3-4,9-10H2,1-2H3,(H,17,19)/t14-/m1/s1. The Hall–Kier alpha value is -1.62. The number of halogens is 1. The molecule has 112 valence electrons. The number of hydrogen-bond acceptors (Lipinski definition) is 3. The first-order valence-electron chi connectivity index (χ1n) is 6.81. The molecule has 0 aliphatic rings. The summed E-state index contributed by atoms with van der Waals surface area (Å²) in [6, 6.07) is 5.56. The number of benzene rings is 1. The fraction of sp³-hybridized carbons (Fsp3) is 0.533. The molecule has 0 fully saturated rings. The Morgan fingerprint density at radius 3 is 2.55 bits per heavy atom. The lowest BCUT2D eigenvalue weighted by Gasteiger charge is -2.19. The van der Waals surface area contributed by atoms with Gasteiger partial charge in [-0.2, -0.15) is 0 Å². The molecule has 4 nitrogen and oxygen atoms in total. The Kier molecular flexibility index (Phi) is 7.01. The van der Waals surface area contributed by atoms with Gasteiger partial charge in [0.25, 0.3) is 0 Å². The van der Waals surface area contributed by atoms with Crippen molar-refractivity contribution in [2.75, 3.05) is 13.2 Å². The van der Waals surface area contributed by atoms with Crippen molar-refractivity contribution in [2.24, 2.45) is 5.92 Å². The molecule has 0 aliphatic carbocycles. The molecule has 0 saturated carbocycles. The highest BCUT2D eigenvalue weighted by Gasteiger charge is 2.14. The van der Waals surface area contributed by atoms with Crippen molar-refractivity contribution in [3.05, 3.63) is 30.1 Å². The van der Waals surface area contributed by atoms with Gasteiger partial charge < -0.3 is 15.2 Å². The lowest BCUT2D eigenvalue weighted by molar-refractivity contribution is -0.122. The predicted molar refractivity (Wildman–Crippen MR) is 75.0 cm³/mol. The molecule has 1 atom stereocenters. The third-order valence-electron chi connectivity index (χ3n) is 2.98. The second-order valence-electron chi connectivity index (χ2n) is 5.01. The van der Waals surface area contributed by atoms with Gasteiger partial charge in [-0.1, -0.05) is 13.8 Å². The monoisotopic (exact) mass is 283 g/mol. The number of nitrogens with one attached hydrogen (secondary N) is 1. The van der Waals surface area contributed by atoms with Gasteiger partial charge in [-0.05, 0) is 36.6 Å². The van der Waals surface area contributed by atoms with Crippen LogP contribution in [0.3, 0.4) is 0 Å². The Bertz CT molecular complexity index is 406. The largest absolute Gasteiger partial charge is 0.494 e. The topological polar surface area (TPSA) is 58.6 Å². The molecule has 20 heavy (non-hydrogen) atoms. The molecule has 1 amide bonds. The second-order valence-corrected chi connectivity index (χ2v) is 5.01. The zero-order valence-electron chi connectivity index (χ0n) is 11.9. The Morgan fingerprint density at radius 2 is 2.00 bits per heavy atom. The molecule has 0 saturated heterocycles. The first-order chi connectivity index (χ1) is 9.52. The van der Waals surface area contributed by atoms with Crippen LogP contribution in [0.2, 0.25) is 0 Å². The molecule has 0 radical (unpaired) electrons. The van der Waals surface area contributed by atoms with Crippen LogP contribution in [0, 0.1) is 11.7 Å². The Balaban J connectivity index is 2.20. The number of carbonyl (C=O) groups excluding carboxylic acids is 1. The molecular weight excluding hydrogens is 261 g/mol. The van der Waals surface area contributed by atoms with Gasteiger partial charge in [-0.15, -0.1) is 0 Å². The van der Waals surface area contributed by atoms with E-state index in [0.29, 0.717) is 25.2 Å². The van der Waals surface area contributed by atoms with Crippen LogP contribution in [0.15, 0.2) is 24.3 Å². The minimum atomic E-state index is -0.305. The highest BCUT2D eigenvalue weighted by Crippen LogP contribution is 2.11. The van der Waals surface area contributed by atoms with E-state index in [0.717, 1.165) is 0 Å². The van der Waals surface area contributed by atoms with Crippen LogP contribution < -0.4 is 10.1 Å². The van der Waals surface area contributed by atoms with E-state index in [4.69, 9.17) is 9.84 Å². The maximum atomic E-state index is 12.7. The summed E-state index contributed by atoms with van der Waals surface area (Å²) < 4.78 is 18.1. The molecule has 0 spiro atoms. The lowest BCUT2D eigenvalue weighted by atomic mass is 10.1. The number of hydrogen-bond donors (Lipinski definition) is 2. The van der Waals surface area contributed by atoms with Gasteiger partial charge in [-0.3, -0.25) is 4.79 Å². The van der Waals surface area contributed by atoms with Crippen LogP contribution in [0.5, 0.6) is 5.75 Å².